The lowest BCUT2D eigenvalue weighted by Gasteiger charge is -2.12. The molecule has 0 saturated carbocycles. The van der Waals surface area contributed by atoms with E-state index in [0.29, 0.717) is 62.0 Å². The summed E-state index contributed by atoms with van der Waals surface area (Å²) in [5, 5.41) is 25.8. The monoisotopic (exact) mass is 500 g/mol. The summed E-state index contributed by atoms with van der Waals surface area (Å²) >= 11 is 7.59. The quantitative estimate of drug-likeness (QED) is 0.223. The molecule has 0 aliphatic heterocycles. The molecule has 1 heterocycles. The van der Waals surface area contributed by atoms with Crippen LogP contribution in [0.5, 0.6) is 0 Å². The summed E-state index contributed by atoms with van der Waals surface area (Å²) in [6.07, 6.45) is 1.09. The number of amides is 2. The molecule has 0 aliphatic carbocycles. The number of halogens is 1. The molecule has 6 N–H and O–H groups in total. The smallest absolute Gasteiger partial charge is 0.251 e. The highest BCUT2D eigenvalue weighted by Gasteiger charge is 2.15. The zero-order chi connectivity index (χ0) is 24.8. The summed E-state index contributed by atoms with van der Waals surface area (Å²) < 4.78 is 0. The van der Waals surface area contributed by atoms with E-state index in [0.717, 1.165) is 6.21 Å². The van der Waals surface area contributed by atoms with Gasteiger partial charge >= 0.3 is 0 Å². The lowest BCUT2D eigenvalue weighted by atomic mass is 10.1. The van der Waals surface area contributed by atoms with Crippen molar-refractivity contribution in [1.82, 2.24) is 20.4 Å². The summed E-state index contributed by atoms with van der Waals surface area (Å²) in [5.74, 6) is -0.512. The fourth-order valence-corrected chi connectivity index (χ4v) is 4.03. The molecule has 12 heteroatoms. The van der Waals surface area contributed by atoms with Crippen molar-refractivity contribution >= 4 is 63.2 Å². The number of nitrogens with two attached hydrogens (primary N) is 1. The minimum atomic E-state index is -0.258. The number of hydrogen-bond acceptors (Lipinski definition) is 9. The van der Waals surface area contributed by atoms with E-state index in [4.69, 9.17) is 22.7 Å². The van der Waals surface area contributed by atoms with Crippen LogP contribution in [0.1, 0.15) is 22.8 Å². The number of hydrogen-bond donors (Lipinski definition) is 5. The van der Waals surface area contributed by atoms with Gasteiger partial charge < -0.3 is 32.0 Å². The summed E-state index contributed by atoms with van der Waals surface area (Å²) in [4.78, 5) is 26.3. The van der Waals surface area contributed by atoms with Crippen LogP contribution >= 0.6 is 22.9 Å². The number of rotatable bonds is 9. The van der Waals surface area contributed by atoms with Gasteiger partial charge in [0, 0.05) is 54.3 Å². The fourth-order valence-electron chi connectivity index (χ4n) is 3.01. The van der Waals surface area contributed by atoms with Crippen LogP contribution in [-0.4, -0.2) is 60.3 Å². The standard InChI is InChI=1S/C22H25ClN8O2S/c1-12(32)27-15-9-13(20(33)26-6-7-31(2)3)8-14(10-15)21-29-30-22(34-21)28-18-5-4-17(25)16(11-24)19(18)23/h4-5,8-11,24H,6-7,25H2,1-3H3,(H,26,33)(H,27,32)(H,28,30). The molecule has 3 rings (SSSR count). The third-order valence-corrected chi connectivity index (χ3v) is 5.93. The number of nitrogens with zero attached hydrogens (tertiary/aromatic N) is 3. The molecule has 0 radical (unpaired) electrons. The molecule has 0 atom stereocenters. The summed E-state index contributed by atoms with van der Waals surface area (Å²) in [6, 6.07) is 8.38. The Labute approximate surface area is 206 Å². The molecule has 1 aromatic heterocycles. The van der Waals surface area contributed by atoms with Gasteiger partial charge in [-0.05, 0) is 44.4 Å². The average Bonchev–Trinajstić information content (AvgIpc) is 3.24. The second kappa shape index (κ2) is 11.1. The number of anilines is 4. The fraction of sp³-hybridized carbons (Fsp3) is 0.227. The van der Waals surface area contributed by atoms with Crippen molar-refractivity contribution in [3.63, 3.8) is 0 Å². The Kier molecular flexibility index (Phi) is 8.16. The maximum absolute atomic E-state index is 12.7. The van der Waals surface area contributed by atoms with E-state index in [2.05, 4.69) is 26.1 Å². The molecule has 0 spiro atoms. The van der Waals surface area contributed by atoms with Crippen LogP contribution in [0.25, 0.3) is 10.6 Å². The van der Waals surface area contributed by atoms with Crippen molar-refractivity contribution in [1.29, 1.82) is 5.41 Å². The number of likely N-dealkylation sites (N-methyl/N-ethyl adjacent to an activating group) is 1. The van der Waals surface area contributed by atoms with E-state index >= 15 is 0 Å². The number of carbonyl (C=O) groups excluding carboxylic acids is 2. The molecule has 0 aliphatic rings. The highest BCUT2D eigenvalue weighted by molar-refractivity contribution is 7.18. The Morgan fingerprint density at radius 2 is 2.00 bits per heavy atom. The molecule has 3 aromatic rings. The van der Waals surface area contributed by atoms with Crippen molar-refractivity contribution in [3.8, 4) is 10.6 Å². The summed E-state index contributed by atoms with van der Waals surface area (Å²) in [7, 11) is 3.85. The SMILES string of the molecule is CC(=O)Nc1cc(C(=O)NCCN(C)C)cc(-c2nnc(Nc3ccc(N)c(C=N)c3Cl)s2)c1. The maximum atomic E-state index is 12.7. The average molecular weight is 501 g/mol. The molecule has 0 unspecified atom stereocenters. The first-order valence-corrected chi connectivity index (χ1v) is 11.4. The van der Waals surface area contributed by atoms with E-state index in [1.807, 2.05) is 19.0 Å². The molecular formula is C22H25ClN8O2S. The first kappa shape index (κ1) is 25.1. The minimum absolute atomic E-state index is 0.254. The Morgan fingerprint density at radius 1 is 1.24 bits per heavy atom. The van der Waals surface area contributed by atoms with Gasteiger partial charge in [-0.2, -0.15) is 0 Å². The van der Waals surface area contributed by atoms with Crippen LogP contribution in [0.15, 0.2) is 30.3 Å². The van der Waals surface area contributed by atoms with Gasteiger partial charge in [-0.1, -0.05) is 22.9 Å². The van der Waals surface area contributed by atoms with E-state index < -0.39 is 0 Å². The van der Waals surface area contributed by atoms with Gasteiger partial charge in [0.2, 0.25) is 11.0 Å². The molecular weight excluding hydrogens is 476 g/mol. The van der Waals surface area contributed by atoms with Crippen molar-refractivity contribution < 1.29 is 9.59 Å². The Morgan fingerprint density at radius 3 is 2.68 bits per heavy atom. The van der Waals surface area contributed by atoms with Gasteiger partial charge in [-0.3, -0.25) is 9.59 Å². The third kappa shape index (κ3) is 6.28. The maximum Gasteiger partial charge on any atom is 0.251 e. The molecule has 2 amide bonds. The number of benzene rings is 2. The van der Waals surface area contributed by atoms with Crippen LogP contribution in [0.2, 0.25) is 5.02 Å². The first-order valence-electron chi connectivity index (χ1n) is 10.2. The van der Waals surface area contributed by atoms with Gasteiger partial charge in [0.05, 0.1) is 10.7 Å². The molecule has 0 saturated heterocycles. The lowest BCUT2D eigenvalue weighted by molar-refractivity contribution is -0.114. The number of nitrogens with one attached hydrogen (secondary N) is 4. The van der Waals surface area contributed by atoms with Crippen LogP contribution in [-0.2, 0) is 4.79 Å². The Hall–Kier alpha value is -3.54. The van der Waals surface area contributed by atoms with Crippen LogP contribution in [0.4, 0.5) is 22.2 Å². The minimum Gasteiger partial charge on any atom is -0.398 e. The van der Waals surface area contributed by atoms with Crippen molar-refractivity contribution in [2.45, 2.75) is 6.92 Å². The second-order valence-electron chi connectivity index (χ2n) is 7.65. The number of nitrogen functional groups attached to an aromatic ring is 1. The third-order valence-electron chi connectivity index (χ3n) is 4.63. The van der Waals surface area contributed by atoms with Crippen LogP contribution in [0, 0.1) is 5.41 Å². The van der Waals surface area contributed by atoms with Crippen LogP contribution < -0.4 is 21.7 Å². The van der Waals surface area contributed by atoms with Gasteiger partial charge in [0.15, 0.2) is 0 Å². The Balaban J connectivity index is 1.88. The van der Waals surface area contributed by atoms with E-state index in [9.17, 15) is 9.59 Å². The van der Waals surface area contributed by atoms with Crippen molar-refractivity contribution in [3.05, 3.63) is 46.5 Å². The van der Waals surface area contributed by atoms with Gasteiger partial charge in [0.1, 0.15) is 5.01 Å². The number of carbonyl (C=O) groups is 2. The van der Waals surface area contributed by atoms with E-state index in [-0.39, 0.29) is 11.8 Å². The van der Waals surface area contributed by atoms with Crippen molar-refractivity contribution in [2.75, 3.05) is 43.6 Å². The topological polar surface area (TPSA) is 149 Å². The van der Waals surface area contributed by atoms with Gasteiger partial charge in [-0.25, -0.2) is 0 Å². The van der Waals surface area contributed by atoms with Crippen molar-refractivity contribution in [2.24, 2.45) is 0 Å². The van der Waals surface area contributed by atoms with E-state index in [1.54, 1.807) is 30.3 Å². The molecule has 0 bridgehead atoms. The zero-order valence-corrected chi connectivity index (χ0v) is 20.5. The lowest BCUT2D eigenvalue weighted by Crippen LogP contribution is -2.31. The van der Waals surface area contributed by atoms with E-state index in [1.165, 1.54) is 18.3 Å². The van der Waals surface area contributed by atoms with Gasteiger partial charge in [-0.15, -0.1) is 10.2 Å². The molecule has 10 nitrogen and oxygen atoms in total. The predicted molar refractivity (Wildman–Crippen MR) is 138 cm³/mol. The summed E-state index contributed by atoms with van der Waals surface area (Å²) in [5.41, 5.74) is 8.68. The van der Waals surface area contributed by atoms with Gasteiger partial charge in [0.25, 0.3) is 5.91 Å². The predicted octanol–water partition coefficient (Wildman–Crippen LogP) is 3.43. The zero-order valence-electron chi connectivity index (χ0n) is 18.9. The largest absolute Gasteiger partial charge is 0.398 e. The first-order chi connectivity index (χ1) is 16.2. The molecule has 178 valence electrons. The highest BCUT2D eigenvalue weighted by atomic mass is 35.5. The second-order valence-corrected chi connectivity index (χ2v) is 9.01. The Bertz CT molecular complexity index is 1230. The van der Waals surface area contributed by atoms with Crippen LogP contribution in [0.3, 0.4) is 0 Å². The molecule has 2 aromatic carbocycles. The summed E-state index contributed by atoms with van der Waals surface area (Å²) in [6.45, 7) is 2.58. The molecule has 34 heavy (non-hydrogen) atoms. The highest BCUT2D eigenvalue weighted by Crippen LogP contribution is 2.35. The molecule has 0 fully saturated rings. The normalized spacial score (nSPS) is 10.7. The number of aromatic nitrogens is 2.